The van der Waals surface area contributed by atoms with E-state index in [-0.39, 0.29) is 10.6 Å². The smallest absolute Gasteiger partial charge is 0.297 e. The molecule has 0 saturated carbocycles. The maximum atomic E-state index is 12.1. The molecule has 0 bridgehead atoms. The van der Waals surface area contributed by atoms with Crippen molar-refractivity contribution in [3.63, 3.8) is 0 Å². The van der Waals surface area contributed by atoms with E-state index in [0.717, 1.165) is 5.56 Å². The molecule has 0 aliphatic rings. The second kappa shape index (κ2) is 6.14. The predicted molar refractivity (Wildman–Crippen MR) is 86.8 cm³/mol. The second-order valence-corrected chi connectivity index (χ2v) is 6.49. The van der Waals surface area contributed by atoms with Gasteiger partial charge in [0.1, 0.15) is 22.3 Å². The number of benzene rings is 1. The van der Waals surface area contributed by atoms with Gasteiger partial charge in [-0.15, -0.1) is 0 Å². The second-order valence-electron chi connectivity index (χ2n) is 4.97. The summed E-state index contributed by atoms with van der Waals surface area (Å²) in [6, 6.07) is 13.3. The van der Waals surface area contributed by atoms with Crippen molar-refractivity contribution < 1.29 is 12.7 Å². The van der Waals surface area contributed by atoms with Crippen LogP contribution >= 0.6 is 0 Å². The lowest BCUT2D eigenvalue weighted by Crippen LogP contribution is -2.07. The van der Waals surface area contributed by atoms with E-state index in [9.17, 15) is 13.7 Å². The summed E-state index contributed by atoms with van der Waals surface area (Å²) in [5, 5.41) is 12.8. The molecule has 0 spiro atoms. The van der Waals surface area contributed by atoms with Gasteiger partial charge in [0.05, 0.1) is 6.20 Å². The van der Waals surface area contributed by atoms with Crippen molar-refractivity contribution >= 4 is 21.5 Å². The molecule has 120 valence electrons. The largest absolute Gasteiger partial charge is 0.358 e. The highest BCUT2D eigenvalue weighted by atomic mass is 32.2. The van der Waals surface area contributed by atoms with E-state index in [1.54, 1.807) is 40.9 Å². The number of oxime groups is 1. The minimum Gasteiger partial charge on any atom is -0.297 e. The van der Waals surface area contributed by atoms with Crippen LogP contribution in [0, 0.1) is 18.3 Å². The molecule has 3 aromatic rings. The fraction of sp³-hybridized carbons (Fsp3) is 0.0625. The Morgan fingerprint density at radius 3 is 2.71 bits per heavy atom. The molecule has 0 unspecified atom stereocenters. The minimum absolute atomic E-state index is 0.0349. The van der Waals surface area contributed by atoms with Crippen LogP contribution in [0.1, 0.15) is 11.3 Å². The highest BCUT2D eigenvalue weighted by molar-refractivity contribution is 7.86. The van der Waals surface area contributed by atoms with Crippen molar-refractivity contribution in [2.24, 2.45) is 5.16 Å². The van der Waals surface area contributed by atoms with Crippen LogP contribution in [-0.4, -0.2) is 23.5 Å². The molecule has 24 heavy (non-hydrogen) atoms. The molecule has 0 N–H and O–H groups in total. The average Bonchev–Trinajstić information content (AvgIpc) is 3.00. The number of hydrogen-bond acceptors (Lipinski definition) is 6. The van der Waals surface area contributed by atoms with E-state index >= 15 is 0 Å². The summed E-state index contributed by atoms with van der Waals surface area (Å²) in [6.45, 7) is 1.84. The van der Waals surface area contributed by atoms with E-state index in [1.807, 2.05) is 13.0 Å². The summed E-state index contributed by atoms with van der Waals surface area (Å²) in [4.78, 5) is 4.09. The zero-order valence-electron chi connectivity index (χ0n) is 12.6. The molecular formula is C16H12N4O3S. The minimum atomic E-state index is -4.09. The van der Waals surface area contributed by atoms with Crippen LogP contribution < -0.4 is 0 Å². The van der Waals surface area contributed by atoms with Crippen molar-refractivity contribution in [3.8, 4) is 6.07 Å². The van der Waals surface area contributed by atoms with Gasteiger partial charge >= 0.3 is 10.1 Å². The monoisotopic (exact) mass is 340 g/mol. The number of fused-ring (bicyclic) bond motifs is 1. The standard InChI is InChI=1S/C16H12N4O3S/c1-12-5-7-13(8-6-12)24(21,22)23-19-14(10-17)15-11-18-16-4-2-3-9-20(15)16/h2-9,11H,1H3/b19-14-. The first-order chi connectivity index (χ1) is 11.5. The van der Waals surface area contributed by atoms with Gasteiger partial charge in [0.15, 0.2) is 0 Å². The van der Waals surface area contributed by atoms with Gasteiger partial charge in [0, 0.05) is 6.20 Å². The zero-order chi connectivity index (χ0) is 17.2. The van der Waals surface area contributed by atoms with Crippen LogP contribution in [0.15, 0.2) is 64.9 Å². The molecule has 0 aliphatic carbocycles. The lowest BCUT2D eigenvalue weighted by molar-refractivity contribution is 0.339. The highest BCUT2D eigenvalue weighted by Gasteiger charge is 2.17. The average molecular weight is 340 g/mol. The number of pyridine rings is 1. The van der Waals surface area contributed by atoms with Crippen molar-refractivity contribution in [2.45, 2.75) is 11.8 Å². The van der Waals surface area contributed by atoms with Gasteiger partial charge in [-0.25, -0.2) is 4.98 Å². The van der Waals surface area contributed by atoms with Crippen LogP contribution in [0.4, 0.5) is 0 Å². The summed E-state index contributed by atoms with van der Waals surface area (Å²) in [5.74, 6) is 0. The van der Waals surface area contributed by atoms with Crippen LogP contribution in [-0.2, 0) is 14.4 Å². The number of imidazole rings is 1. The van der Waals surface area contributed by atoms with E-state index < -0.39 is 10.1 Å². The van der Waals surface area contributed by atoms with Crippen molar-refractivity contribution in [1.29, 1.82) is 5.26 Å². The normalized spacial score (nSPS) is 12.1. The Kier molecular flexibility index (Phi) is 4.02. The Hall–Kier alpha value is -3.18. The molecule has 0 aliphatic heterocycles. The summed E-state index contributed by atoms with van der Waals surface area (Å²) < 4.78 is 30.6. The lowest BCUT2D eigenvalue weighted by atomic mass is 10.2. The van der Waals surface area contributed by atoms with Gasteiger partial charge in [0.25, 0.3) is 0 Å². The number of hydrogen-bond donors (Lipinski definition) is 0. The van der Waals surface area contributed by atoms with E-state index in [2.05, 4.69) is 14.4 Å². The first kappa shape index (κ1) is 15.7. The first-order valence-electron chi connectivity index (χ1n) is 6.92. The van der Waals surface area contributed by atoms with Gasteiger partial charge < -0.3 is 0 Å². The quantitative estimate of drug-likeness (QED) is 0.536. The fourth-order valence-electron chi connectivity index (χ4n) is 2.07. The SMILES string of the molecule is Cc1ccc(S(=O)(=O)O/N=C(/C#N)c2cnc3ccccn23)cc1. The van der Waals surface area contributed by atoms with Crippen LogP contribution in [0.2, 0.25) is 0 Å². The van der Waals surface area contributed by atoms with Gasteiger partial charge in [-0.3, -0.25) is 8.68 Å². The zero-order valence-corrected chi connectivity index (χ0v) is 13.4. The molecule has 7 nitrogen and oxygen atoms in total. The maximum Gasteiger partial charge on any atom is 0.358 e. The molecule has 0 radical (unpaired) electrons. The summed E-state index contributed by atoms with van der Waals surface area (Å²) in [7, 11) is -4.09. The summed E-state index contributed by atoms with van der Waals surface area (Å²) >= 11 is 0. The third kappa shape index (κ3) is 2.98. The molecule has 2 aromatic heterocycles. The first-order valence-corrected chi connectivity index (χ1v) is 8.33. The van der Waals surface area contributed by atoms with E-state index in [0.29, 0.717) is 11.3 Å². The molecule has 1 aromatic carbocycles. The number of nitriles is 1. The van der Waals surface area contributed by atoms with Gasteiger partial charge in [-0.2, -0.15) is 13.7 Å². The molecule has 0 saturated heterocycles. The van der Waals surface area contributed by atoms with E-state index in [4.69, 9.17) is 0 Å². The highest BCUT2D eigenvalue weighted by Crippen LogP contribution is 2.14. The number of aryl methyl sites for hydroxylation is 1. The van der Waals surface area contributed by atoms with Crippen molar-refractivity contribution in [1.82, 2.24) is 9.38 Å². The number of rotatable bonds is 4. The Balaban J connectivity index is 1.94. The fourth-order valence-corrected chi connectivity index (χ4v) is 2.79. The predicted octanol–water partition coefficient (Wildman–Crippen LogP) is 2.28. The van der Waals surface area contributed by atoms with E-state index in [1.165, 1.54) is 18.3 Å². The maximum absolute atomic E-state index is 12.1. The Morgan fingerprint density at radius 1 is 1.25 bits per heavy atom. The third-order valence-corrected chi connectivity index (χ3v) is 4.42. The third-order valence-electron chi connectivity index (χ3n) is 3.30. The topological polar surface area (TPSA) is 96.8 Å². The van der Waals surface area contributed by atoms with Crippen LogP contribution in [0.25, 0.3) is 5.65 Å². The van der Waals surface area contributed by atoms with Gasteiger partial charge in [-0.1, -0.05) is 28.9 Å². The number of aromatic nitrogens is 2. The molecule has 0 amide bonds. The summed E-state index contributed by atoms with van der Waals surface area (Å²) in [5.41, 5.74) is 1.68. The molecule has 2 heterocycles. The molecule has 3 rings (SSSR count). The van der Waals surface area contributed by atoms with Crippen molar-refractivity contribution in [2.75, 3.05) is 0 Å². The van der Waals surface area contributed by atoms with Gasteiger partial charge in [0.2, 0.25) is 5.71 Å². The summed E-state index contributed by atoms with van der Waals surface area (Å²) in [6.07, 6.45) is 3.12. The van der Waals surface area contributed by atoms with Gasteiger partial charge in [-0.05, 0) is 31.2 Å². The molecule has 0 atom stereocenters. The Labute approximate surface area is 138 Å². The lowest BCUT2D eigenvalue weighted by Gasteiger charge is -2.03. The van der Waals surface area contributed by atoms with Crippen LogP contribution in [0.5, 0.6) is 0 Å². The Bertz CT molecular complexity index is 1060. The number of nitrogens with zero attached hydrogens (tertiary/aromatic N) is 4. The van der Waals surface area contributed by atoms with Crippen LogP contribution in [0.3, 0.4) is 0 Å². The molecule has 0 fully saturated rings. The Morgan fingerprint density at radius 2 is 2.00 bits per heavy atom. The van der Waals surface area contributed by atoms with Crippen molar-refractivity contribution in [3.05, 3.63) is 66.1 Å². The molecule has 8 heteroatoms. The molecular weight excluding hydrogens is 328 g/mol.